The molecule has 0 fully saturated rings. The number of rotatable bonds is 0. The van der Waals surface area contributed by atoms with Crippen LogP contribution in [0.25, 0.3) is 16.9 Å². The average Bonchev–Trinajstić information content (AvgIpc) is 2.77. The predicted octanol–water partition coefficient (Wildman–Crippen LogP) is 3.92. The smallest absolute Gasteiger partial charge is 0.137 e. The molecule has 3 heteroatoms. The van der Waals surface area contributed by atoms with Crippen LogP contribution < -0.4 is 0 Å². The molecular formula is C15H12N2S. The Hall–Kier alpha value is -1.74. The summed E-state index contributed by atoms with van der Waals surface area (Å²) < 4.78 is 2.23. The zero-order valence-corrected chi connectivity index (χ0v) is 10.9. The summed E-state index contributed by atoms with van der Waals surface area (Å²) in [7, 11) is 0. The van der Waals surface area contributed by atoms with Gasteiger partial charge in [-0.05, 0) is 24.6 Å². The van der Waals surface area contributed by atoms with Crippen LogP contribution in [0.1, 0.15) is 11.3 Å². The normalized spacial score (nSPS) is 13.4. The lowest BCUT2D eigenvalue weighted by Gasteiger charge is -2.14. The third-order valence-electron chi connectivity index (χ3n) is 3.37. The lowest BCUT2D eigenvalue weighted by atomic mass is 10.1. The largest absolute Gasteiger partial charge is 0.302 e. The molecule has 3 heterocycles. The van der Waals surface area contributed by atoms with Gasteiger partial charge in [-0.15, -0.1) is 11.8 Å². The summed E-state index contributed by atoms with van der Waals surface area (Å²) >= 11 is 1.90. The van der Waals surface area contributed by atoms with E-state index in [4.69, 9.17) is 4.98 Å². The molecule has 0 N–H and O–H groups in total. The van der Waals surface area contributed by atoms with Gasteiger partial charge in [-0.25, -0.2) is 4.98 Å². The van der Waals surface area contributed by atoms with Gasteiger partial charge in [0.2, 0.25) is 0 Å². The van der Waals surface area contributed by atoms with E-state index in [1.807, 2.05) is 11.8 Å². The summed E-state index contributed by atoms with van der Waals surface area (Å²) in [6.07, 6.45) is 2.18. The number of aryl methyl sites for hydroxylation is 1. The number of hydrogen-bond donors (Lipinski definition) is 0. The van der Waals surface area contributed by atoms with Crippen LogP contribution >= 0.6 is 11.8 Å². The molecule has 1 aromatic carbocycles. The van der Waals surface area contributed by atoms with E-state index >= 15 is 0 Å². The van der Waals surface area contributed by atoms with E-state index in [2.05, 4.69) is 53.9 Å². The SMILES string of the molecule is Cc1ccc2nc3c(n2c1)CSc1ccccc1-3. The van der Waals surface area contributed by atoms with Gasteiger partial charge in [0.15, 0.2) is 0 Å². The van der Waals surface area contributed by atoms with Gasteiger partial charge in [0.05, 0.1) is 11.4 Å². The summed E-state index contributed by atoms with van der Waals surface area (Å²) in [6, 6.07) is 12.7. The van der Waals surface area contributed by atoms with Crippen LogP contribution in [0.2, 0.25) is 0 Å². The second-order valence-corrected chi connectivity index (χ2v) is 5.64. The molecule has 0 radical (unpaired) electrons. The van der Waals surface area contributed by atoms with E-state index in [0.717, 1.165) is 17.1 Å². The number of aromatic nitrogens is 2. The highest BCUT2D eigenvalue weighted by Crippen LogP contribution is 2.40. The average molecular weight is 252 g/mol. The van der Waals surface area contributed by atoms with Crippen LogP contribution in [0, 0.1) is 6.92 Å². The molecule has 3 aromatic rings. The molecule has 0 unspecified atom stereocenters. The molecule has 2 nitrogen and oxygen atoms in total. The lowest BCUT2D eigenvalue weighted by molar-refractivity contribution is 1.07. The zero-order valence-electron chi connectivity index (χ0n) is 10.1. The molecule has 0 saturated heterocycles. The molecular weight excluding hydrogens is 240 g/mol. The maximum absolute atomic E-state index is 4.79. The Kier molecular flexibility index (Phi) is 2.06. The minimum atomic E-state index is 0.997. The third kappa shape index (κ3) is 1.34. The van der Waals surface area contributed by atoms with Gasteiger partial charge in [-0.2, -0.15) is 0 Å². The van der Waals surface area contributed by atoms with Crippen molar-refractivity contribution < 1.29 is 0 Å². The fourth-order valence-electron chi connectivity index (χ4n) is 2.49. The topological polar surface area (TPSA) is 17.3 Å². The Labute approximate surface area is 110 Å². The van der Waals surface area contributed by atoms with E-state index in [9.17, 15) is 0 Å². The first-order valence-electron chi connectivity index (χ1n) is 6.03. The van der Waals surface area contributed by atoms with Crippen LogP contribution in [0.5, 0.6) is 0 Å². The Morgan fingerprint density at radius 2 is 2.06 bits per heavy atom. The van der Waals surface area contributed by atoms with E-state index in [-0.39, 0.29) is 0 Å². The van der Waals surface area contributed by atoms with Crippen molar-refractivity contribution in [2.24, 2.45) is 0 Å². The highest BCUT2D eigenvalue weighted by atomic mass is 32.2. The van der Waals surface area contributed by atoms with Crippen LogP contribution in [-0.4, -0.2) is 9.38 Å². The molecule has 4 rings (SSSR count). The fraction of sp³-hybridized carbons (Fsp3) is 0.133. The van der Waals surface area contributed by atoms with Crippen LogP contribution in [0.15, 0.2) is 47.5 Å². The first kappa shape index (κ1) is 10.2. The number of pyridine rings is 1. The summed E-state index contributed by atoms with van der Waals surface area (Å²) in [5.74, 6) is 0.997. The van der Waals surface area contributed by atoms with Crippen molar-refractivity contribution in [3.05, 3.63) is 53.9 Å². The molecule has 18 heavy (non-hydrogen) atoms. The minimum absolute atomic E-state index is 0.997. The maximum atomic E-state index is 4.79. The summed E-state index contributed by atoms with van der Waals surface area (Å²) in [5, 5.41) is 0. The van der Waals surface area contributed by atoms with Crippen molar-refractivity contribution in [1.29, 1.82) is 0 Å². The molecule has 0 amide bonds. The van der Waals surface area contributed by atoms with Crippen molar-refractivity contribution >= 4 is 17.4 Å². The van der Waals surface area contributed by atoms with E-state index in [1.54, 1.807) is 0 Å². The van der Waals surface area contributed by atoms with Crippen molar-refractivity contribution in [3.8, 4) is 11.3 Å². The first-order chi connectivity index (χ1) is 8.83. The van der Waals surface area contributed by atoms with Crippen LogP contribution in [0.4, 0.5) is 0 Å². The molecule has 0 atom stereocenters. The minimum Gasteiger partial charge on any atom is -0.302 e. The summed E-state index contributed by atoms with van der Waals surface area (Å²) in [5.41, 5.74) is 6.05. The zero-order chi connectivity index (χ0) is 12.1. The molecule has 88 valence electrons. The standard InChI is InChI=1S/C15H12N2S/c1-10-6-7-14-16-15-11-4-2-3-5-13(11)18-9-12(15)17(14)8-10/h2-8H,9H2,1H3. The van der Waals surface area contributed by atoms with Crippen molar-refractivity contribution in [2.75, 3.05) is 0 Å². The van der Waals surface area contributed by atoms with Crippen molar-refractivity contribution in [3.63, 3.8) is 0 Å². The monoisotopic (exact) mass is 252 g/mol. The molecule has 1 aliphatic rings. The molecule has 1 aliphatic heterocycles. The number of imidazole rings is 1. The molecule has 0 bridgehead atoms. The van der Waals surface area contributed by atoms with Crippen molar-refractivity contribution in [1.82, 2.24) is 9.38 Å². The Morgan fingerprint density at radius 3 is 3.00 bits per heavy atom. The van der Waals surface area contributed by atoms with Gasteiger partial charge in [-0.1, -0.05) is 24.3 Å². The quantitative estimate of drug-likeness (QED) is 0.603. The second-order valence-electron chi connectivity index (χ2n) is 4.63. The van der Waals surface area contributed by atoms with Gasteiger partial charge < -0.3 is 4.40 Å². The molecule has 0 saturated carbocycles. The number of thioether (sulfide) groups is 1. The van der Waals surface area contributed by atoms with Crippen LogP contribution in [0.3, 0.4) is 0 Å². The Balaban J connectivity index is 2.08. The van der Waals surface area contributed by atoms with E-state index < -0.39 is 0 Å². The maximum Gasteiger partial charge on any atom is 0.137 e. The Bertz CT molecular complexity index is 758. The van der Waals surface area contributed by atoms with Crippen LogP contribution in [-0.2, 0) is 5.75 Å². The van der Waals surface area contributed by atoms with Gasteiger partial charge in [0, 0.05) is 22.4 Å². The van der Waals surface area contributed by atoms with E-state index in [1.165, 1.54) is 21.7 Å². The Morgan fingerprint density at radius 1 is 1.17 bits per heavy atom. The van der Waals surface area contributed by atoms with Gasteiger partial charge in [0.1, 0.15) is 5.65 Å². The summed E-state index contributed by atoms with van der Waals surface area (Å²) in [6.45, 7) is 2.12. The molecule has 0 aliphatic carbocycles. The molecule has 0 spiro atoms. The first-order valence-corrected chi connectivity index (χ1v) is 7.01. The van der Waals surface area contributed by atoms with E-state index in [0.29, 0.717) is 0 Å². The second kappa shape index (κ2) is 3.62. The highest BCUT2D eigenvalue weighted by molar-refractivity contribution is 7.98. The highest BCUT2D eigenvalue weighted by Gasteiger charge is 2.21. The predicted molar refractivity (Wildman–Crippen MR) is 74.9 cm³/mol. The van der Waals surface area contributed by atoms with Gasteiger partial charge in [-0.3, -0.25) is 0 Å². The van der Waals surface area contributed by atoms with Crippen molar-refractivity contribution in [2.45, 2.75) is 17.6 Å². The van der Waals surface area contributed by atoms with Gasteiger partial charge in [0.25, 0.3) is 0 Å². The molecule has 2 aromatic heterocycles. The van der Waals surface area contributed by atoms with Gasteiger partial charge >= 0.3 is 0 Å². The number of fused-ring (bicyclic) bond motifs is 5. The number of hydrogen-bond acceptors (Lipinski definition) is 2. The number of benzene rings is 1. The third-order valence-corrected chi connectivity index (χ3v) is 4.46. The fourth-order valence-corrected chi connectivity index (χ4v) is 3.55. The summed E-state index contributed by atoms with van der Waals surface area (Å²) in [4.78, 5) is 6.12. The lowest BCUT2D eigenvalue weighted by Crippen LogP contribution is -1.98. The number of nitrogens with zero attached hydrogens (tertiary/aromatic N) is 2.